The van der Waals surface area contributed by atoms with E-state index in [1.807, 2.05) is 6.92 Å². The Morgan fingerprint density at radius 1 is 1.08 bits per heavy atom. The fourth-order valence-electron chi connectivity index (χ4n) is 1.17. The predicted octanol–water partition coefficient (Wildman–Crippen LogP) is 1.75. The van der Waals surface area contributed by atoms with Crippen molar-refractivity contribution in [3.63, 3.8) is 0 Å². The van der Waals surface area contributed by atoms with Crippen molar-refractivity contribution in [2.45, 2.75) is 52.3 Å². The topological polar surface area (TPSA) is 46.2 Å². The Balaban J connectivity index is 4.13. The van der Waals surface area contributed by atoms with Crippen LogP contribution < -0.4 is 4.72 Å². The molecule has 0 aliphatic heterocycles. The normalized spacial score (nSPS) is 15.3. The molecule has 1 N–H and O–H groups in total. The summed E-state index contributed by atoms with van der Waals surface area (Å²) in [4.78, 5) is 0. The largest absolute Gasteiger partial charge is 0.214 e. The highest BCUT2D eigenvalue weighted by Crippen LogP contribution is 2.06. The lowest BCUT2D eigenvalue weighted by molar-refractivity contribution is 0.480. The quantitative estimate of drug-likeness (QED) is 0.746. The van der Waals surface area contributed by atoms with Crippen molar-refractivity contribution >= 4 is 10.0 Å². The Hall–Kier alpha value is -0.0900. The molecule has 0 amide bonds. The van der Waals surface area contributed by atoms with E-state index in [-0.39, 0.29) is 11.3 Å². The van der Waals surface area contributed by atoms with Crippen LogP contribution in [0, 0.1) is 5.92 Å². The summed E-state index contributed by atoms with van der Waals surface area (Å²) in [5.74, 6) is 0.518. The van der Waals surface area contributed by atoms with Gasteiger partial charge in [0.2, 0.25) is 10.0 Å². The summed E-state index contributed by atoms with van der Waals surface area (Å²) >= 11 is 0. The van der Waals surface area contributed by atoms with E-state index in [9.17, 15) is 8.42 Å². The van der Waals surface area contributed by atoms with Gasteiger partial charge in [-0.05, 0) is 33.1 Å². The number of hydrogen-bond acceptors (Lipinski definition) is 2. The predicted molar refractivity (Wildman–Crippen MR) is 56.1 cm³/mol. The van der Waals surface area contributed by atoms with E-state index in [1.165, 1.54) is 0 Å². The molecule has 0 aliphatic rings. The zero-order valence-electron chi connectivity index (χ0n) is 9.16. The summed E-state index contributed by atoms with van der Waals surface area (Å²) in [5, 5.41) is -0.345. The lowest BCUT2D eigenvalue weighted by Crippen LogP contribution is -2.37. The molecule has 0 aromatic rings. The van der Waals surface area contributed by atoms with Gasteiger partial charge in [0.05, 0.1) is 5.25 Å². The van der Waals surface area contributed by atoms with Crippen LogP contribution in [0.1, 0.15) is 41.0 Å². The number of rotatable bonds is 5. The van der Waals surface area contributed by atoms with Gasteiger partial charge in [-0.3, -0.25) is 0 Å². The maximum atomic E-state index is 11.4. The van der Waals surface area contributed by atoms with Crippen LogP contribution in [-0.2, 0) is 10.0 Å². The van der Waals surface area contributed by atoms with Gasteiger partial charge < -0.3 is 0 Å². The van der Waals surface area contributed by atoms with Gasteiger partial charge in [0, 0.05) is 6.04 Å². The second-order valence-electron chi connectivity index (χ2n) is 4.24. The lowest BCUT2D eigenvalue weighted by Gasteiger charge is -2.17. The molecule has 0 fully saturated rings. The standard InChI is InChI=1S/C9H21NO2S/c1-7(2)6-9(5)10-13(11,12)8(3)4/h7-10H,6H2,1-5H3/t9-/m1/s1. The Morgan fingerprint density at radius 2 is 1.54 bits per heavy atom. The average molecular weight is 207 g/mol. The van der Waals surface area contributed by atoms with Crippen molar-refractivity contribution in [1.82, 2.24) is 4.72 Å². The Morgan fingerprint density at radius 3 is 1.85 bits per heavy atom. The van der Waals surface area contributed by atoms with Crippen molar-refractivity contribution in [2.75, 3.05) is 0 Å². The summed E-state index contributed by atoms with van der Waals surface area (Å²) in [6.07, 6.45) is 0.881. The van der Waals surface area contributed by atoms with E-state index in [2.05, 4.69) is 18.6 Å². The second-order valence-corrected chi connectivity index (χ2v) is 6.51. The van der Waals surface area contributed by atoms with Gasteiger partial charge >= 0.3 is 0 Å². The smallest absolute Gasteiger partial charge is 0.212 e. The SMILES string of the molecule is CC(C)C[C@@H](C)NS(=O)(=O)C(C)C. The van der Waals surface area contributed by atoms with Crippen LogP contribution >= 0.6 is 0 Å². The van der Waals surface area contributed by atoms with Gasteiger partial charge in [-0.25, -0.2) is 13.1 Å². The van der Waals surface area contributed by atoms with Crippen molar-refractivity contribution in [2.24, 2.45) is 5.92 Å². The molecule has 0 radical (unpaired) electrons. The number of nitrogens with one attached hydrogen (secondary N) is 1. The highest BCUT2D eigenvalue weighted by atomic mass is 32.2. The first kappa shape index (κ1) is 12.9. The number of hydrogen-bond donors (Lipinski definition) is 1. The highest BCUT2D eigenvalue weighted by Gasteiger charge is 2.18. The van der Waals surface area contributed by atoms with Crippen molar-refractivity contribution in [3.05, 3.63) is 0 Å². The fraction of sp³-hybridized carbons (Fsp3) is 1.00. The van der Waals surface area contributed by atoms with Gasteiger partial charge in [0.25, 0.3) is 0 Å². The summed E-state index contributed by atoms with van der Waals surface area (Å²) in [6.45, 7) is 9.44. The summed E-state index contributed by atoms with van der Waals surface area (Å²) in [7, 11) is -3.09. The first-order valence-electron chi connectivity index (χ1n) is 4.77. The zero-order chi connectivity index (χ0) is 10.6. The minimum Gasteiger partial charge on any atom is -0.212 e. The molecule has 0 saturated carbocycles. The second kappa shape index (κ2) is 4.96. The Kier molecular flexibility index (Phi) is 4.92. The lowest BCUT2D eigenvalue weighted by atomic mass is 10.1. The third-order valence-corrected chi connectivity index (χ3v) is 3.78. The molecule has 0 aromatic heterocycles. The molecule has 0 spiro atoms. The van der Waals surface area contributed by atoms with Crippen LogP contribution in [0.5, 0.6) is 0 Å². The van der Waals surface area contributed by atoms with Crippen molar-refractivity contribution < 1.29 is 8.42 Å². The monoisotopic (exact) mass is 207 g/mol. The summed E-state index contributed by atoms with van der Waals surface area (Å²) < 4.78 is 25.5. The molecular weight excluding hydrogens is 186 g/mol. The molecule has 0 aromatic carbocycles. The van der Waals surface area contributed by atoms with Crippen molar-refractivity contribution in [1.29, 1.82) is 0 Å². The first-order chi connectivity index (χ1) is 5.75. The zero-order valence-corrected chi connectivity index (χ0v) is 9.98. The van der Waals surface area contributed by atoms with E-state index in [0.717, 1.165) is 6.42 Å². The van der Waals surface area contributed by atoms with E-state index in [1.54, 1.807) is 13.8 Å². The molecule has 0 saturated heterocycles. The van der Waals surface area contributed by atoms with Crippen LogP contribution in [0.15, 0.2) is 0 Å². The van der Waals surface area contributed by atoms with Gasteiger partial charge in [0.1, 0.15) is 0 Å². The van der Waals surface area contributed by atoms with Crippen LogP contribution in [0.3, 0.4) is 0 Å². The van der Waals surface area contributed by atoms with E-state index < -0.39 is 10.0 Å². The van der Waals surface area contributed by atoms with Gasteiger partial charge in [-0.2, -0.15) is 0 Å². The maximum Gasteiger partial charge on any atom is 0.214 e. The molecule has 13 heavy (non-hydrogen) atoms. The molecule has 0 unspecified atom stereocenters. The van der Waals surface area contributed by atoms with E-state index >= 15 is 0 Å². The third kappa shape index (κ3) is 5.26. The van der Waals surface area contributed by atoms with Gasteiger partial charge in [-0.1, -0.05) is 13.8 Å². The number of sulfonamides is 1. The van der Waals surface area contributed by atoms with Crippen LogP contribution in [0.2, 0.25) is 0 Å². The van der Waals surface area contributed by atoms with Crippen LogP contribution in [0.4, 0.5) is 0 Å². The van der Waals surface area contributed by atoms with E-state index in [4.69, 9.17) is 0 Å². The molecule has 0 bridgehead atoms. The summed E-state index contributed by atoms with van der Waals surface area (Å²) in [5.41, 5.74) is 0. The molecular formula is C9H21NO2S. The minimum atomic E-state index is -3.09. The van der Waals surface area contributed by atoms with Gasteiger partial charge in [-0.15, -0.1) is 0 Å². The summed E-state index contributed by atoms with van der Waals surface area (Å²) in [6, 6.07) is 0.0346. The Labute approximate surface area is 82.0 Å². The van der Waals surface area contributed by atoms with Crippen LogP contribution in [-0.4, -0.2) is 19.7 Å². The maximum absolute atomic E-state index is 11.4. The van der Waals surface area contributed by atoms with Crippen LogP contribution in [0.25, 0.3) is 0 Å². The highest BCUT2D eigenvalue weighted by molar-refractivity contribution is 7.90. The molecule has 80 valence electrons. The van der Waals surface area contributed by atoms with Gasteiger partial charge in [0.15, 0.2) is 0 Å². The molecule has 0 aliphatic carbocycles. The average Bonchev–Trinajstić information content (AvgIpc) is 1.82. The van der Waals surface area contributed by atoms with E-state index in [0.29, 0.717) is 5.92 Å². The minimum absolute atomic E-state index is 0.0346. The fourth-order valence-corrected chi connectivity index (χ4v) is 2.10. The molecule has 0 heterocycles. The molecule has 4 heteroatoms. The third-order valence-electron chi connectivity index (χ3n) is 1.81. The molecule has 1 atom stereocenters. The van der Waals surface area contributed by atoms with Crippen molar-refractivity contribution in [3.8, 4) is 0 Å². The molecule has 0 rings (SSSR count). The first-order valence-corrected chi connectivity index (χ1v) is 6.31. The Bertz CT molecular complexity index is 232. The molecule has 3 nitrogen and oxygen atoms in total.